The summed E-state index contributed by atoms with van der Waals surface area (Å²) in [5, 5.41) is 14.3. The minimum atomic E-state index is -0.620. The lowest BCUT2D eigenvalue weighted by atomic mass is 9.79. The molecule has 0 bridgehead atoms. The zero-order chi connectivity index (χ0) is 24.3. The first-order valence-corrected chi connectivity index (χ1v) is 11.1. The van der Waals surface area contributed by atoms with Crippen LogP contribution in [0.5, 0.6) is 0 Å². The van der Waals surface area contributed by atoms with Crippen molar-refractivity contribution in [2.45, 2.75) is 58.7 Å². The first-order valence-electron chi connectivity index (χ1n) is 11.1. The third-order valence-corrected chi connectivity index (χ3v) is 6.40. The quantitative estimate of drug-likeness (QED) is 0.573. The Hall–Kier alpha value is -3.29. The Morgan fingerprint density at radius 1 is 1.18 bits per heavy atom. The van der Waals surface area contributed by atoms with Gasteiger partial charge in [0, 0.05) is 5.56 Å². The molecule has 6 nitrogen and oxygen atoms in total. The van der Waals surface area contributed by atoms with Crippen molar-refractivity contribution in [3.05, 3.63) is 70.8 Å². The van der Waals surface area contributed by atoms with Crippen LogP contribution in [0, 0.1) is 23.0 Å². The van der Waals surface area contributed by atoms with E-state index in [1.807, 2.05) is 20.8 Å². The van der Waals surface area contributed by atoms with Gasteiger partial charge in [-0.15, -0.1) is 0 Å². The highest BCUT2D eigenvalue weighted by molar-refractivity contribution is 5.99. The van der Waals surface area contributed by atoms with Crippen molar-refractivity contribution in [2.75, 3.05) is 0 Å². The molecule has 2 amide bonds. The Balaban J connectivity index is 1.76. The molecule has 8 heteroatoms. The molecule has 3 rings (SSSR count). The summed E-state index contributed by atoms with van der Waals surface area (Å²) in [6.45, 7) is 7.68. The molecular formula is C25H30F2N4O2. The summed E-state index contributed by atoms with van der Waals surface area (Å²) in [5.41, 5.74) is 0.585. The number of hydrogen-bond acceptors (Lipinski definition) is 3. The number of rotatable bonds is 7. The largest absolute Gasteiger partial charge is 0.350 e. The van der Waals surface area contributed by atoms with Gasteiger partial charge in [-0.1, -0.05) is 32.9 Å². The number of guanidine groups is 1. The van der Waals surface area contributed by atoms with E-state index in [4.69, 9.17) is 5.41 Å². The van der Waals surface area contributed by atoms with Gasteiger partial charge in [-0.25, -0.2) is 8.78 Å². The van der Waals surface area contributed by atoms with Crippen LogP contribution >= 0.6 is 0 Å². The first-order chi connectivity index (χ1) is 15.5. The van der Waals surface area contributed by atoms with Crippen LogP contribution in [0.2, 0.25) is 0 Å². The van der Waals surface area contributed by atoms with E-state index >= 15 is 0 Å². The molecule has 3 N–H and O–H groups in total. The number of benzene rings is 2. The minimum Gasteiger partial charge on any atom is -0.350 e. The summed E-state index contributed by atoms with van der Waals surface area (Å²) in [6, 6.07) is 9.27. The van der Waals surface area contributed by atoms with Crippen LogP contribution < -0.4 is 10.6 Å². The Bertz CT molecular complexity index is 1050. The first kappa shape index (κ1) is 24.4. The van der Waals surface area contributed by atoms with Crippen LogP contribution in [0.15, 0.2) is 42.5 Å². The van der Waals surface area contributed by atoms with Gasteiger partial charge in [0.1, 0.15) is 11.6 Å². The van der Waals surface area contributed by atoms with Crippen LogP contribution in [0.25, 0.3) is 0 Å². The highest BCUT2D eigenvalue weighted by atomic mass is 19.1. The summed E-state index contributed by atoms with van der Waals surface area (Å²) in [4.78, 5) is 26.9. The number of amides is 2. The smallest absolute Gasteiger partial charge is 0.251 e. The third-order valence-electron chi connectivity index (χ3n) is 6.40. The van der Waals surface area contributed by atoms with Crippen molar-refractivity contribution < 1.29 is 18.4 Å². The van der Waals surface area contributed by atoms with E-state index in [0.717, 1.165) is 6.07 Å². The van der Waals surface area contributed by atoms with E-state index in [2.05, 4.69) is 10.6 Å². The molecule has 1 aliphatic rings. The van der Waals surface area contributed by atoms with Crippen molar-refractivity contribution in [3.63, 3.8) is 0 Å². The maximum absolute atomic E-state index is 14.3. The molecule has 0 aliphatic carbocycles. The molecule has 0 radical (unpaired) electrons. The molecule has 2 atom stereocenters. The fraction of sp³-hybridized carbons (Fsp3) is 0.400. The molecule has 1 fully saturated rings. The maximum Gasteiger partial charge on any atom is 0.251 e. The van der Waals surface area contributed by atoms with Crippen molar-refractivity contribution in [1.82, 2.24) is 15.5 Å². The van der Waals surface area contributed by atoms with Gasteiger partial charge in [-0.3, -0.25) is 19.9 Å². The second-order valence-corrected chi connectivity index (χ2v) is 8.89. The second kappa shape index (κ2) is 9.68. The minimum absolute atomic E-state index is 0.0277. The van der Waals surface area contributed by atoms with E-state index in [-0.39, 0.29) is 36.3 Å². The molecular weight excluding hydrogens is 426 g/mol. The number of nitrogens with zero attached hydrogens (tertiary/aromatic N) is 1. The lowest BCUT2D eigenvalue weighted by Gasteiger charge is -2.45. The summed E-state index contributed by atoms with van der Waals surface area (Å²) in [6.07, 6.45) is 0.928. The van der Waals surface area contributed by atoms with E-state index in [1.165, 1.54) is 29.2 Å². The molecule has 1 heterocycles. The molecule has 2 aromatic carbocycles. The van der Waals surface area contributed by atoms with E-state index in [1.54, 1.807) is 19.1 Å². The lowest BCUT2D eigenvalue weighted by molar-refractivity contribution is -0.131. The van der Waals surface area contributed by atoms with Crippen LogP contribution in [-0.4, -0.2) is 28.2 Å². The Morgan fingerprint density at radius 2 is 1.91 bits per heavy atom. The monoisotopic (exact) mass is 456 g/mol. The highest BCUT2D eigenvalue weighted by Gasteiger charge is 2.42. The Kier molecular flexibility index (Phi) is 7.15. The molecule has 0 saturated carbocycles. The summed E-state index contributed by atoms with van der Waals surface area (Å²) < 4.78 is 27.8. The predicted octanol–water partition coefficient (Wildman–Crippen LogP) is 4.52. The van der Waals surface area contributed by atoms with E-state index in [0.29, 0.717) is 17.5 Å². The van der Waals surface area contributed by atoms with Gasteiger partial charge in [0.2, 0.25) is 5.91 Å². The fourth-order valence-electron chi connectivity index (χ4n) is 4.17. The topological polar surface area (TPSA) is 85.3 Å². The van der Waals surface area contributed by atoms with Gasteiger partial charge in [0.05, 0.1) is 24.5 Å². The van der Waals surface area contributed by atoms with Crippen molar-refractivity contribution >= 4 is 17.8 Å². The molecule has 1 saturated heterocycles. The Labute approximate surface area is 192 Å². The third kappa shape index (κ3) is 5.38. The van der Waals surface area contributed by atoms with Gasteiger partial charge in [0.15, 0.2) is 5.96 Å². The summed E-state index contributed by atoms with van der Waals surface area (Å²) in [7, 11) is 0. The van der Waals surface area contributed by atoms with Crippen LogP contribution in [-0.2, 0) is 11.3 Å². The van der Waals surface area contributed by atoms with Gasteiger partial charge in [-0.05, 0) is 60.7 Å². The molecule has 1 aliphatic heterocycles. The van der Waals surface area contributed by atoms with Crippen LogP contribution in [0.3, 0.4) is 0 Å². The van der Waals surface area contributed by atoms with Crippen LogP contribution in [0.1, 0.15) is 68.1 Å². The van der Waals surface area contributed by atoms with Gasteiger partial charge >= 0.3 is 0 Å². The number of carbonyl (C=O) groups excluding carboxylic acids is 2. The van der Waals surface area contributed by atoms with Crippen LogP contribution in [0.4, 0.5) is 8.78 Å². The van der Waals surface area contributed by atoms with Gasteiger partial charge < -0.3 is 10.6 Å². The van der Waals surface area contributed by atoms with Gasteiger partial charge in [-0.2, -0.15) is 0 Å². The molecule has 0 spiro atoms. The molecule has 2 aromatic rings. The SMILES string of the molecule is CC[C@@]1(C(C)C)CC(=O)N(Cc2cc(F)cc(C(=O)N[C@@H](C)c3cccc(F)c3)c2)C(=N)N1. The average Bonchev–Trinajstić information content (AvgIpc) is 2.75. The Morgan fingerprint density at radius 3 is 2.52 bits per heavy atom. The molecule has 0 unspecified atom stereocenters. The summed E-state index contributed by atoms with van der Waals surface area (Å²) >= 11 is 0. The zero-order valence-corrected chi connectivity index (χ0v) is 19.3. The fourth-order valence-corrected chi connectivity index (χ4v) is 4.17. The number of carbonyl (C=O) groups is 2. The number of nitrogens with one attached hydrogen (secondary N) is 3. The standard InChI is InChI=1S/C25H30F2N4O2/c1-5-25(15(2)3)13-22(32)31(24(28)30-25)14-17-9-19(12-21(27)10-17)23(33)29-16(4)18-7-6-8-20(26)11-18/h6-12,15-16H,5,13-14H2,1-4H3,(H2,28,30)(H,29,33)/t16-,25-/m0/s1. The normalized spacial score (nSPS) is 19.4. The number of hydrogen-bond donors (Lipinski definition) is 3. The molecule has 0 aromatic heterocycles. The highest BCUT2D eigenvalue weighted by Crippen LogP contribution is 2.30. The van der Waals surface area contributed by atoms with E-state index in [9.17, 15) is 18.4 Å². The van der Waals surface area contributed by atoms with E-state index < -0.39 is 29.1 Å². The zero-order valence-electron chi connectivity index (χ0n) is 19.3. The molecule has 176 valence electrons. The predicted molar refractivity (Wildman–Crippen MR) is 123 cm³/mol. The van der Waals surface area contributed by atoms with Crippen molar-refractivity contribution in [3.8, 4) is 0 Å². The number of halogens is 2. The summed E-state index contributed by atoms with van der Waals surface area (Å²) in [5.74, 6) is -1.64. The van der Waals surface area contributed by atoms with Crippen molar-refractivity contribution in [2.24, 2.45) is 5.92 Å². The van der Waals surface area contributed by atoms with Gasteiger partial charge in [0.25, 0.3) is 5.91 Å². The molecule has 33 heavy (non-hydrogen) atoms. The average molecular weight is 457 g/mol. The lowest BCUT2D eigenvalue weighted by Crippen LogP contribution is -2.63. The maximum atomic E-state index is 14.3. The second-order valence-electron chi connectivity index (χ2n) is 8.89. The van der Waals surface area contributed by atoms with Crippen molar-refractivity contribution in [1.29, 1.82) is 5.41 Å².